The molecular weight excluding hydrogens is 177 g/mol. The summed E-state index contributed by atoms with van der Waals surface area (Å²) < 4.78 is 13.2. The van der Waals surface area contributed by atoms with Crippen LogP contribution in [0, 0.1) is 0 Å². The van der Waals surface area contributed by atoms with Crippen LogP contribution >= 0.6 is 0 Å². The number of carbonyl (C=O) groups is 2. The lowest BCUT2D eigenvalue weighted by molar-refractivity contribution is -0.141. The van der Waals surface area contributed by atoms with Crippen LogP contribution in [0.4, 0.5) is 4.11 Å². The zero-order valence-corrected chi connectivity index (χ0v) is 8.85. The quantitative estimate of drug-likeness (QED) is 0.484. The minimum atomic E-state index is -2.86. The number of hydrogen-bond acceptors (Lipinski definition) is 2. The fourth-order valence-corrected chi connectivity index (χ4v) is 2.02. The van der Waals surface area contributed by atoms with Gasteiger partial charge in [-0.15, -0.1) is 0 Å². The molecule has 0 saturated heterocycles. The summed E-state index contributed by atoms with van der Waals surface area (Å²) in [5.74, 6) is -0.776. The van der Waals surface area contributed by atoms with E-state index in [2.05, 4.69) is 0 Å². The fourth-order valence-electron chi connectivity index (χ4n) is 0.820. The summed E-state index contributed by atoms with van der Waals surface area (Å²) in [6.45, 7) is 5.46. The van der Waals surface area contributed by atoms with E-state index >= 15 is 0 Å². The van der Waals surface area contributed by atoms with E-state index in [1.54, 1.807) is 0 Å². The second-order valence-corrected chi connectivity index (χ2v) is 7.10. The van der Waals surface area contributed by atoms with Crippen LogP contribution in [0.5, 0.6) is 0 Å². The van der Waals surface area contributed by atoms with Gasteiger partial charge in [-0.2, -0.15) is 0 Å². The van der Waals surface area contributed by atoms with Crippen molar-refractivity contribution in [2.75, 3.05) is 6.17 Å². The minimum absolute atomic E-state index is 0.0440. The Morgan fingerprint density at radius 3 is 1.67 bits per heavy atom. The van der Waals surface area contributed by atoms with Crippen molar-refractivity contribution >= 4 is 20.2 Å². The standard InChI is InChI=1S/C7H14FNO2Si/c1-6(10)9(7(2)11)5-12(3,4)8/h5H2,1-4H3. The average molecular weight is 191 g/mol. The van der Waals surface area contributed by atoms with Gasteiger partial charge < -0.3 is 4.11 Å². The lowest BCUT2D eigenvalue weighted by Gasteiger charge is -2.21. The average Bonchev–Trinajstić information content (AvgIpc) is 1.79. The number of carbonyl (C=O) groups excluding carboxylic acids is 2. The molecule has 0 unspecified atom stereocenters. The highest BCUT2D eigenvalue weighted by atomic mass is 28.4. The molecule has 0 aliphatic carbocycles. The SMILES string of the molecule is CC(=O)N(C[Si](C)(C)F)C(C)=O. The molecule has 70 valence electrons. The number of hydrogen-bond donors (Lipinski definition) is 0. The van der Waals surface area contributed by atoms with Crippen LogP contribution < -0.4 is 0 Å². The maximum absolute atomic E-state index is 13.2. The molecular formula is C7H14FNO2Si. The largest absolute Gasteiger partial charge is 0.313 e. The van der Waals surface area contributed by atoms with Gasteiger partial charge in [0.1, 0.15) is 0 Å². The van der Waals surface area contributed by atoms with Crippen molar-refractivity contribution in [2.45, 2.75) is 26.9 Å². The predicted octanol–water partition coefficient (Wildman–Crippen LogP) is 1.10. The van der Waals surface area contributed by atoms with Crippen molar-refractivity contribution in [3.63, 3.8) is 0 Å². The Kier molecular flexibility index (Phi) is 3.57. The molecule has 0 heterocycles. The number of amides is 2. The van der Waals surface area contributed by atoms with Crippen LogP contribution in [0.3, 0.4) is 0 Å². The lowest BCUT2D eigenvalue weighted by Crippen LogP contribution is -2.44. The van der Waals surface area contributed by atoms with Gasteiger partial charge in [0, 0.05) is 13.8 Å². The van der Waals surface area contributed by atoms with Crippen molar-refractivity contribution in [3.05, 3.63) is 0 Å². The van der Waals surface area contributed by atoms with E-state index in [1.165, 1.54) is 26.9 Å². The van der Waals surface area contributed by atoms with Crippen molar-refractivity contribution in [3.8, 4) is 0 Å². The van der Waals surface area contributed by atoms with E-state index in [0.29, 0.717) is 0 Å². The Balaban J connectivity index is 4.35. The monoisotopic (exact) mass is 191 g/mol. The van der Waals surface area contributed by atoms with Gasteiger partial charge in [-0.3, -0.25) is 14.5 Å². The predicted molar refractivity (Wildman–Crippen MR) is 46.7 cm³/mol. The van der Waals surface area contributed by atoms with E-state index < -0.39 is 8.41 Å². The zero-order valence-electron chi connectivity index (χ0n) is 7.85. The van der Waals surface area contributed by atoms with Crippen LogP contribution in [-0.4, -0.2) is 31.3 Å². The summed E-state index contributed by atoms with van der Waals surface area (Å²) in [7, 11) is -2.86. The van der Waals surface area contributed by atoms with Gasteiger partial charge >= 0.3 is 0 Å². The molecule has 0 spiro atoms. The first-order chi connectivity index (χ1) is 5.24. The van der Waals surface area contributed by atoms with Crippen molar-refractivity contribution in [1.82, 2.24) is 4.90 Å². The molecule has 0 aliphatic rings. The second kappa shape index (κ2) is 3.80. The van der Waals surface area contributed by atoms with Gasteiger partial charge in [0.15, 0.2) is 0 Å². The van der Waals surface area contributed by atoms with Crippen molar-refractivity contribution in [1.29, 1.82) is 0 Å². The Morgan fingerprint density at radius 1 is 1.25 bits per heavy atom. The first-order valence-electron chi connectivity index (χ1n) is 3.71. The molecule has 0 rings (SSSR count). The summed E-state index contributed by atoms with van der Waals surface area (Å²) in [4.78, 5) is 22.6. The summed E-state index contributed by atoms with van der Waals surface area (Å²) in [6, 6.07) is 0. The minimum Gasteiger partial charge on any atom is -0.313 e. The highest BCUT2D eigenvalue weighted by molar-refractivity contribution is 6.71. The molecule has 0 aromatic rings. The number of imide groups is 1. The first-order valence-corrected chi connectivity index (χ1v) is 6.80. The third-order valence-electron chi connectivity index (χ3n) is 1.29. The molecule has 0 aromatic heterocycles. The van der Waals surface area contributed by atoms with Crippen LogP contribution in [0.25, 0.3) is 0 Å². The smallest absolute Gasteiger partial charge is 0.260 e. The van der Waals surface area contributed by atoms with Crippen molar-refractivity contribution < 1.29 is 13.7 Å². The zero-order chi connectivity index (χ0) is 9.94. The van der Waals surface area contributed by atoms with Crippen LogP contribution in [0.1, 0.15) is 13.8 Å². The maximum Gasteiger partial charge on any atom is 0.260 e. The van der Waals surface area contributed by atoms with Crippen LogP contribution in [0.15, 0.2) is 0 Å². The number of nitrogens with zero attached hydrogens (tertiary/aromatic N) is 1. The fraction of sp³-hybridized carbons (Fsp3) is 0.714. The molecule has 5 heteroatoms. The maximum atomic E-state index is 13.2. The molecule has 0 saturated carbocycles. The van der Waals surface area contributed by atoms with E-state index in [-0.39, 0.29) is 18.0 Å². The van der Waals surface area contributed by atoms with Crippen LogP contribution in [-0.2, 0) is 9.59 Å². The molecule has 0 N–H and O–H groups in total. The molecule has 2 amide bonds. The Hall–Kier alpha value is -0.713. The molecule has 0 aliphatic heterocycles. The number of rotatable bonds is 2. The van der Waals surface area contributed by atoms with Gasteiger partial charge in [-0.1, -0.05) is 0 Å². The third-order valence-corrected chi connectivity index (χ3v) is 2.36. The Labute approximate surface area is 72.7 Å². The molecule has 0 atom stereocenters. The third kappa shape index (κ3) is 4.22. The van der Waals surface area contributed by atoms with E-state index in [1.807, 2.05) is 0 Å². The van der Waals surface area contributed by atoms with Gasteiger partial charge in [0.05, 0.1) is 6.17 Å². The van der Waals surface area contributed by atoms with Gasteiger partial charge in [0.25, 0.3) is 8.41 Å². The van der Waals surface area contributed by atoms with Crippen LogP contribution in [0.2, 0.25) is 13.1 Å². The van der Waals surface area contributed by atoms with E-state index in [0.717, 1.165) is 4.90 Å². The van der Waals surface area contributed by atoms with E-state index in [9.17, 15) is 13.7 Å². The van der Waals surface area contributed by atoms with Crippen molar-refractivity contribution in [2.24, 2.45) is 0 Å². The summed E-state index contributed by atoms with van der Waals surface area (Å²) in [5, 5.41) is 0. The second-order valence-electron chi connectivity index (χ2n) is 3.34. The summed E-state index contributed by atoms with van der Waals surface area (Å²) in [5.41, 5.74) is 0. The molecule has 12 heavy (non-hydrogen) atoms. The first kappa shape index (κ1) is 11.3. The topological polar surface area (TPSA) is 37.4 Å². The summed E-state index contributed by atoms with van der Waals surface area (Å²) in [6.07, 6.45) is -0.0440. The Morgan fingerprint density at radius 2 is 1.58 bits per heavy atom. The highest BCUT2D eigenvalue weighted by Gasteiger charge is 2.27. The lowest BCUT2D eigenvalue weighted by atomic mass is 10.5. The van der Waals surface area contributed by atoms with Gasteiger partial charge in [-0.05, 0) is 13.1 Å². The molecule has 0 bridgehead atoms. The highest BCUT2D eigenvalue weighted by Crippen LogP contribution is 2.06. The van der Waals surface area contributed by atoms with E-state index in [4.69, 9.17) is 0 Å². The Bertz CT molecular complexity index is 186. The molecule has 0 aromatic carbocycles. The van der Waals surface area contributed by atoms with Gasteiger partial charge in [-0.25, -0.2) is 0 Å². The summed E-state index contributed by atoms with van der Waals surface area (Å²) >= 11 is 0. The molecule has 0 radical (unpaired) electrons. The number of halogens is 1. The van der Waals surface area contributed by atoms with Gasteiger partial charge in [0.2, 0.25) is 11.8 Å². The molecule has 3 nitrogen and oxygen atoms in total. The molecule has 0 fully saturated rings. The normalized spacial score (nSPS) is 11.1.